The number of nitrogens with zero attached hydrogens (tertiary/aromatic N) is 2. The van der Waals surface area contributed by atoms with E-state index in [-0.39, 0.29) is 0 Å². The summed E-state index contributed by atoms with van der Waals surface area (Å²) >= 11 is 0. The van der Waals surface area contributed by atoms with Gasteiger partial charge in [0.15, 0.2) is 5.84 Å². The van der Waals surface area contributed by atoms with Gasteiger partial charge >= 0.3 is 0 Å². The Balaban J connectivity index is 1.80. The van der Waals surface area contributed by atoms with Crippen LogP contribution >= 0.6 is 0 Å². The molecule has 2 aromatic carbocycles. The Morgan fingerprint density at radius 3 is 2.16 bits per heavy atom. The zero-order valence-electron chi connectivity index (χ0n) is 14.3. The third-order valence-corrected chi connectivity index (χ3v) is 4.20. The fourth-order valence-corrected chi connectivity index (χ4v) is 3.06. The molecule has 1 N–H and O–H groups in total. The molecule has 0 spiro atoms. The van der Waals surface area contributed by atoms with Crippen LogP contribution < -0.4 is 0 Å². The van der Waals surface area contributed by atoms with Crippen LogP contribution in [0.4, 0.5) is 5.82 Å². The van der Waals surface area contributed by atoms with Crippen LogP contribution in [0.25, 0.3) is 16.7 Å². The van der Waals surface area contributed by atoms with Gasteiger partial charge in [-0.15, -0.1) is 0 Å². The molecule has 0 saturated heterocycles. The molecule has 25 heavy (non-hydrogen) atoms. The lowest BCUT2D eigenvalue weighted by atomic mass is 10.1. The van der Waals surface area contributed by atoms with Crippen molar-refractivity contribution in [1.29, 1.82) is 0 Å². The highest BCUT2D eigenvalue weighted by Crippen LogP contribution is 2.33. The van der Waals surface area contributed by atoms with E-state index in [1.54, 1.807) is 0 Å². The minimum atomic E-state index is 0.753. The van der Waals surface area contributed by atoms with E-state index in [9.17, 15) is 0 Å². The summed E-state index contributed by atoms with van der Waals surface area (Å²) in [7, 11) is 0. The molecule has 3 nitrogen and oxygen atoms in total. The van der Waals surface area contributed by atoms with Crippen LogP contribution in [-0.4, -0.2) is 16.5 Å². The second kappa shape index (κ2) is 6.36. The fraction of sp³-hybridized carbons (Fsp3) is 0.0909. The van der Waals surface area contributed by atoms with E-state index >= 15 is 0 Å². The van der Waals surface area contributed by atoms with Gasteiger partial charge in [0.2, 0.25) is 0 Å². The van der Waals surface area contributed by atoms with Crippen LogP contribution in [0, 0.1) is 6.92 Å². The standard InChI is InChI=1S/C22H19N3/c1-15-13-19(17-9-5-3-6-10-17)21(23-15)25-22-20(14-16(2)24-22)18-11-7-4-8-12-18/h3-14,23H,1-2H3/b25-22-. The summed E-state index contributed by atoms with van der Waals surface area (Å²) in [5, 5.41) is 0. The van der Waals surface area contributed by atoms with Gasteiger partial charge in [-0.05, 0) is 37.1 Å². The molecule has 4 rings (SSSR count). The Hall–Kier alpha value is -3.20. The lowest BCUT2D eigenvalue weighted by Gasteiger charge is -2.04. The van der Waals surface area contributed by atoms with Crippen molar-refractivity contribution in [1.82, 2.24) is 4.98 Å². The molecule has 0 amide bonds. The predicted molar refractivity (Wildman–Crippen MR) is 106 cm³/mol. The average Bonchev–Trinajstić information content (AvgIpc) is 3.19. The average molecular weight is 325 g/mol. The van der Waals surface area contributed by atoms with Crippen LogP contribution in [0.3, 0.4) is 0 Å². The predicted octanol–water partition coefficient (Wildman–Crippen LogP) is 5.58. The van der Waals surface area contributed by atoms with Crippen molar-refractivity contribution in [3.8, 4) is 11.1 Å². The van der Waals surface area contributed by atoms with Crippen molar-refractivity contribution < 1.29 is 0 Å². The summed E-state index contributed by atoms with van der Waals surface area (Å²) in [6.45, 7) is 4.05. The molecule has 0 bridgehead atoms. The first kappa shape index (κ1) is 15.3. The second-order valence-corrected chi connectivity index (χ2v) is 6.19. The topological polar surface area (TPSA) is 40.5 Å². The third kappa shape index (κ3) is 3.09. The number of rotatable bonds is 3. The van der Waals surface area contributed by atoms with E-state index < -0.39 is 0 Å². The molecule has 0 fully saturated rings. The molecule has 0 radical (unpaired) electrons. The lowest BCUT2D eigenvalue weighted by Crippen LogP contribution is -1.95. The van der Waals surface area contributed by atoms with Gasteiger partial charge in [0.1, 0.15) is 5.82 Å². The molecule has 1 aromatic heterocycles. The van der Waals surface area contributed by atoms with E-state index in [4.69, 9.17) is 4.99 Å². The van der Waals surface area contributed by atoms with Gasteiger partial charge in [-0.25, -0.2) is 9.98 Å². The van der Waals surface area contributed by atoms with Gasteiger partial charge < -0.3 is 4.98 Å². The van der Waals surface area contributed by atoms with Gasteiger partial charge in [-0.1, -0.05) is 60.7 Å². The first-order valence-corrected chi connectivity index (χ1v) is 8.37. The Bertz CT molecular complexity index is 990. The smallest absolute Gasteiger partial charge is 0.162 e. The van der Waals surface area contributed by atoms with Gasteiger partial charge in [0, 0.05) is 22.5 Å². The number of allylic oxidation sites excluding steroid dienone is 1. The maximum absolute atomic E-state index is 4.87. The highest BCUT2D eigenvalue weighted by Gasteiger charge is 2.17. The van der Waals surface area contributed by atoms with E-state index in [0.717, 1.165) is 45.3 Å². The fourth-order valence-electron chi connectivity index (χ4n) is 3.06. The molecule has 1 aliphatic heterocycles. The van der Waals surface area contributed by atoms with Crippen LogP contribution in [0.1, 0.15) is 18.2 Å². The summed E-state index contributed by atoms with van der Waals surface area (Å²) in [6, 6.07) is 22.7. The molecule has 122 valence electrons. The maximum atomic E-state index is 4.87. The van der Waals surface area contributed by atoms with Crippen molar-refractivity contribution in [2.45, 2.75) is 13.8 Å². The summed E-state index contributed by atoms with van der Waals surface area (Å²) < 4.78 is 0. The van der Waals surface area contributed by atoms with Crippen molar-refractivity contribution in [2.24, 2.45) is 9.98 Å². The maximum Gasteiger partial charge on any atom is 0.162 e. The monoisotopic (exact) mass is 325 g/mol. The van der Waals surface area contributed by atoms with E-state index in [1.807, 2.05) is 50.2 Å². The molecule has 1 aliphatic rings. The van der Waals surface area contributed by atoms with Crippen LogP contribution in [0.5, 0.6) is 0 Å². The minimum Gasteiger partial charge on any atom is -0.343 e. The summed E-state index contributed by atoms with van der Waals surface area (Å²) in [6.07, 6.45) is 2.09. The number of hydrogen-bond donors (Lipinski definition) is 1. The van der Waals surface area contributed by atoms with Crippen molar-refractivity contribution >= 4 is 22.9 Å². The quantitative estimate of drug-likeness (QED) is 0.653. The van der Waals surface area contributed by atoms with Crippen LogP contribution in [0.2, 0.25) is 0 Å². The van der Waals surface area contributed by atoms with E-state index in [2.05, 4.69) is 46.4 Å². The van der Waals surface area contributed by atoms with Crippen LogP contribution in [-0.2, 0) is 0 Å². The molecule has 0 aliphatic carbocycles. The number of H-pyrrole nitrogens is 1. The van der Waals surface area contributed by atoms with E-state index in [0.29, 0.717) is 0 Å². The minimum absolute atomic E-state index is 0.753. The number of aryl methyl sites for hydroxylation is 1. The molecular formula is C22H19N3. The molecule has 0 saturated carbocycles. The number of aliphatic imine (C=N–C) groups is 2. The number of aromatic nitrogens is 1. The normalized spacial score (nSPS) is 15.4. The first-order chi connectivity index (χ1) is 12.2. The number of nitrogens with one attached hydrogen (secondary N) is 1. The first-order valence-electron chi connectivity index (χ1n) is 8.37. The van der Waals surface area contributed by atoms with Gasteiger partial charge in [0.25, 0.3) is 0 Å². The Kier molecular flexibility index (Phi) is 3.90. The molecular weight excluding hydrogens is 306 g/mol. The van der Waals surface area contributed by atoms with Gasteiger partial charge in [-0.2, -0.15) is 0 Å². The third-order valence-electron chi connectivity index (χ3n) is 4.20. The number of hydrogen-bond acceptors (Lipinski definition) is 1. The lowest BCUT2D eigenvalue weighted by molar-refractivity contribution is 1.24. The number of benzene rings is 2. The Morgan fingerprint density at radius 2 is 1.48 bits per heavy atom. The summed E-state index contributed by atoms with van der Waals surface area (Å²) in [4.78, 5) is 12.9. The van der Waals surface area contributed by atoms with E-state index in [1.165, 1.54) is 0 Å². The van der Waals surface area contributed by atoms with Crippen LogP contribution in [0.15, 0.2) is 82.8 Å². The largest absolute Gasteiger partial charge is 0.343 e. The molecule has 3 aromatic rings. The summed E-state index contributed by atoms with van der Waals surface area (Å²) in [5.74, 6) is 1.60. The number of aromatic amines is 1. The SMILES string of the molecule is CC1=N/C(=N\c2[nH]c(C)cc2-c2ccccc2)C(c2ccccc2)=C1. The second-order valence-electron chi connectivity index (χ2n) is 6.19. The zero-order chi connectivity index (χ0) is 17.2. The van der Waals surface area contributed by atoms with Crippen molar-refractivity contribution in [3.05, 3.63) is 84.1 Å². The highest BCUT2D eigenvalue weighted by molar-refractivity contribution is 6.35. The Morgan fingerprint density at radius 1 is 0.840 bits per heavy atom. The molecule has 2 heterocycles. The highest BCUT2D eigenvalue weighted by atomic mass is 15.0. The Labute approximate surface area is 147 Å². The number of amidine groups is 1. The van der Waals surface area contributed by atoms with Crippen molar-refractivity contribution in [2.75, 3.05) is 0 Å². The van der Waals surface area contributed by atoms with Gasteiger partial charge in [-0.3, -0.25) is 0 Å². The molecule has 0 unspecified atom stereocenters. The zero-order valence-corrected chi connectivity index (χ0v) is 14.3. The summed E-state index contributed by atoms with van der Waals surface area (Å²) in [5.41, 5.74) is 6.49. The molecule has 3 heteroatoms. The molecule has 0 atom stereocenters. The van der Waals surface area contributed by atoms with Crippen molar-refractivity contribution in [3.63, 3.8) is 0 Å². The van der Waals surface area contributed by atoms with Gasteiger partial charge in [0.05, 0.1) is 0 Å².